The van der Waals surface area contributed by atoms with Crippen molar-refractivity contribution in [2.45, 2.75) is 32.1 Å². The molecule has 0 aliphatic carbocycles. The molecule has 6 heteroatoms. The second-order valence-corrected chi connectivity index (χ2v) is 4.03. The average molecular weight is 211 g/mol. The second-order valence-electron chi connectivity index (χ2n) is 2.81. The first-order chi connectivity index (χ1) is 6.06. The first-order valence-electron chi connectivity index (χ1n) is 4.34. The van der Waals surface area contributed by atoms with Crippen LogP contribution in [0.3, 0.4) is 0 Å². The molecule has 0 amide bonds. The molecule has 0 aromatic rings. The molecule has 0 bridgehead atoms. The third-order valence-corrected chi connectivity index (χ3v) is 2.05. The molecule has 0 aliphatic heterocycles. The lowest BCUT2D eigenvalue weighted by Crippen LogP contribution is -2.16. The average Bonchev–Trinajstić information content (AvgIpc) is 2.01. The number of hydrogen-bond donors (Lipinski definition) is 2. The summed E-state index contributed by atoms with van der Waals surface area (Å²) in [6.07, 6.45) is 4.33. The largest absolute Gasteiger partial charge is 0.396 e. The lowest BCUT2D eigenvalue weighted by atomic mass is 10.2. The summed E-state index contributed by atoms with van der Waals surface area (Å²) in [5.41, 5.74) is 0. The van der Waals surface area contributed by atoms with Crippen molar-refractivity contribution in [1.29, 1.82) is 0 Å². The highest BCUT2D eigenvalue weighted by Crippen LogP contribution is 2.02. The summed E-state index contributed by atoms with van der Waals surface area (Å²) in [4.78, 5) is 0. The molecular weight excluding hydrogens is 194 g/mol. The smallest absolute Gasteiger partial charge is 0.333 e. The normalized spacial score (nSPS) is 11.8. The Labute approximate surface area is 79.1 Å². The molecule has 0 aromatic carbocycles. The highest BCUT2D eigenvalue weighted by molar-refractivity contribution is 7.84. The Hall–Kier alpha value is -0.170. The van der Waals surface area contributed by atoms with Gasteiger partial charge in [-0.3, -0.25) is 4.18 Å². The highest BCUT2D eigenvalue weighted by atomic mass is 32.2. The summed E-state index contributed by atoms with van der Waals surface area (Å²) in [5.74, 6) is 0. The van der Waals surface area contributed by atoms with Gasteiger partial charge < -0.3 is 5.11 Å². The Morgan fingerprint density at radius 1 is 1.08 bits per heavy atom. The van der Waals surface area contributed by atoms with E-state index < -0.39 is 10.3 Å². The maximum atomic E-state index is 10.3. The summed E-state index contributed by atoms with van der Waals surface area (Å²) in [5, 5.41) is 13.1. The van der Waals surface area contributed by atoms with Crippen LogP contribution in [0.15, 0.2) is 0 Å². The standard InChI is InChI=1S/C7H17NO4S/c8-13(10,11)12-7-5-3-1-2-4-6-9/h9H,1-7H2,(H2,8,10,11). The quantitative estimate of drug-likeness (QED) is 0.559. The van der Waals surface area contributed by atoms with Crippen LogP contribution in [0.4, 0.5) is 0 Å². The van der Waals surface area contributed by atoms with Crippen LogP contribution in [0.2, 0.25) is 0 Å². The van der Waals surface area contributed by atoms with Gasteiger partial charge in [0.25, 0.3) is 0 Å². The molecule has 0 radical (unpaired) electrons. The van der Waals surface area contributed by atoms with Crippen LogP contribution in [0.5, 0.6) is 0 Å². The third-order valence-electron chi connectivity index (χ3n) is 1.55. The van der Waals surface area contributed by atoms with Crippen molar-refractivity contribution in [1.82, 2.24) is 0 Å². The van der Waals surface area contributed by atoms with Gasteiger partial charge in [-0.1, -0.05) is 19.3 Å². The minimum atomic E-state index is -3.76. The fourth-order valence-corrected chi connectivity index (χ4v) is 1.27. The van der Waals surface area contributed by atoms with Crippen LogP contribution in [0.25, 0.3) is 0 Å². The maximum absolute atomic E-state index is 10.3. The number of aliphatic hydroxyl groups excluding tert-OH is 1. The van der Waals surface area contributed by atoms with E-state index in [-0.39, 0.29) is 13.2 Å². The molecule has 0 unspecified atom stereocenters. The van der Waals surface area contributed by atoms with Crippen LogP contribution in [-0.2, 0) is 14.5 Å². The van der Waals surface area contributed by atoms with Crippen molar-refractivity contribution in [3.05, 3.63) is 0 Å². The molecular formula is C7H17NO4S. The van der Waals surface area contributed by atoms with Crippen molar-refractivity contribution in [2.24, 2.45) is 5.14 Å². The zero-order valence-corrected chi connectivity index (χ0v) is 8.42. The lowest BCUT2D eigenvalue weighted by Gasteiger charge is -2.00. The van der Waals surface area contributed by atoms with E-state index in [1.807, 2.05) is 0 Å². The number of aliphatic hydroxyl groups is 1. The van der Waals surface area contributed by atoms with Crippen LogP contribution >= 0.6 is 0 Å². The predicted molar refractivity (Wildman–Crippen MR) is 49.2 cm³/mol. The van der Waals surface area contributed by atoms with Gasteiger partial charge in [0.1, 0.15) is 0 Å². The highest BCUT2D eigenvalue weighted by Gasteiger charge is 2.00. The predicted octanol–water partition coefficient (Wildman–Crippen LogP) is 0.149. The molecule has 0 heterocycles. The number of nitrogens with two attached hydrogens (primary N) is 1. The monoisotopic (exact) mass is 211 g/mol. The molecule has 80 valence electrons. The molecule has 13 heavy (non-hydrogen) atoms. The van der Waals surface area contributed by atoms with Gasteiger partial charge in [0.05, 0.1) is 6.61 Å². The van der Waals surface area contributed by atoms with Gasteiger partial charge in [0.2, 0.25) is 0 Å². The summed E-state index contributed by atoms with van der Waals surface area (Å²) < 4.78 is 24.9. The van der Waals surface area contributed by atoms with Crippen molar-refractivity contribution in [3.8, 4) is 0 Å². The van der Waals surface area contributed by atoms with Crippen LogP contribution in [0.1, 0.15) is 32.1 Å². The summed E-state index contributed by atoms with van der Waals surface area (Å²) >= 11 is 0. The Balaban J connectivity index is 3.09. The van der Waals surface area contributed by atoms with Gasteiger partial charge >= 0.3 is 10.3 Å². The van der Waals surface area contributed by atoms with Gasteiger partial charge in [-0.05, 0) is 12.8 Å². The van der Waals surface area contributed by atoms with E-state index in [0.717, 1.165) is 25.7 Å². The van der Waals surface area contributed by atoms with Gasteiger partial charge in [0.15, 0.2) is 0 Å². The Kier molecular flexibility index (Phi) is 7.16. The first-order valence-corrected chi connectivity index (χ1v) is 5.81. The van der Waals surface area contributed by atoms with Gasteiger partial charge in [-0.15, -0.1) is 0 Å². The summed E-state index contributed by atoms with van der Waals surface area (Å²) in [7, 11) is -3.76. The van der Waals surface area contributed by atoms with E-state index in [1.165, 1.54) is 0 Å². The van der Waals surface area contributed by atoms with Gasteiger partial charge in [-0.25, -0.2) is 5.14 Å². The second kappa shape index (κ2) is 7.25. The molecule has 0 aliphatic rings. The topological polar surface area (TPSA) is 89.6 Å². The van der Waals surface area contributed by atoms with Crippen molar-refractivity contribution in [2.75, 3.05) is 13.2 Å². The van der Waals surface area contributed by atoms with E-state index in [9.17, 15) is 8.42 Å². The third kappa shape index (κ3) is 11.8. The van der Waals surface area contributed by atoms with Crippen LogP contribution in [0, 0.1) is 0 Å². The molecule has 3 N–H and O–H groups in total. The SMILES string of the molecule is NS(=O)(=O)OCCCCCCCO. The van der Waals surface area contributed by atoms with E-state index in [2.05, 4.69) is 9.32 Å². The zero-order chi connectivity index (χ0) is 10.2. The van der Waals surface area contributed by atoms with E-state index >= 15 is 0 Å². The Morgan fingerprint density at radius 2 is 1.62 bits per heavy atom. The fraction of sp³-hybridized carbons (Fsp3) is 1.00. The molecule has 0 aromatic heterocycles. The molecule has 0 rings (SSSR count). The minimum Gasteiger partial charge on any atom is -0.396 e. The lowest BCUT2D eigenvalue weighted by molar-refractivity contribution is 0.279. The molecule has 0 atom stereocenters. The van der Waals surface area contributed by atoms with Crippen LogP contribution < -0.4 is 5.14 Å². The van der Waals surface area contributed by atoms with Gasteiger partial charge in [0, 0.05) is 6.61 Å². The molecule has 0 saturated heterocycles. The Morgan fingerprint density at radius 3 is 2.15 bits per heavy atom. The zero-order valence-electron chi connectivity index (χ0n) is 7.61. The fourth-order valence-electron chi connectivity index (χ4n) is 0.919. The van der Waals surface area contributed by atoms with Gasteiger partial charge in [-0.2, -0.15) is 8.42 Å². The summed E-state index contributed by atoms with van der Waals surface area (Å²) in [6.45, 7) is 0.367. The Bertz CT molecular complexity index is 203. The molecule has 0 fully saturated rings. The number of rotatable bonds is 8. The minimum absolute atomic E-state index is 0.151. The van der Waals surface area contributed by atoms with E-state index in [4.69, 9.17) is 5.11 Å². The van der Waals surface area contributed by atoms with E-state index in [1.54, 1.807) is 0 Å². The van der Waals surface area contributed by atoms with Crippen LogP contribution in [-0.4, -0.2) is 26.7 Å². The number of unbranched alkanes of at least 4 members (excludes halogenated alkanes) is 4. The van der Waals surface area contributed by atoms with Crippen molar-refractivity contribution in [3.63, 3.8) is 0 Å². The van der Waals surface area contributed by atoms with Crippen molar-refractivity contribution < 1.29 is 17.7 Å². The molecule has 5 nitrogen and oxygen atoms in total. The number of hydrogen-bond acceptors (Lipinski definition) is 4. The first kappa shape index (κ1) is 12.8. The summed E-state index contributed by atoms with van der Waals surface area (Å²) in [6, 6.07) is 0. The van der Waals surface area contributed by atoms with E-state index in [0.29, 0.717) is 6.42 Å². The molecule has 0 saturated carbocycles. The molecule has 0 spiro atoms. The maximum Gasteiger partial charge on any atom is 0.333 e. The van der Waals surface area contributed by atoms with Crippen molar-refractivity contribution >= 4 is 10.3 Å².